The number of aliphatic hydroxyl groups is 1. The minimum absolute atomic E-state index is 0.305. The molecule has 0 spiro atoms. The van der Waals surface area contributed by atoms with Crippen molar-refractivity contribution in [2.45, 2.75) is 90.1 Å². The average Bonchev–Trinajstić information content (AvgIpc) is 2.56. The number of ether oxygens (including phenoxy) is 1. The molecule has 0 aliphatic carbocycles. The monoisotopic (exact) mass is 424 g/mol. The number of aliphatic hydroxyl groups excluding tert-OH is 1. The van der Waals surface area contributed by atoms with Crippen LogP contribution in [0.2, 0.25) is 0 Å². The molecule has 0 aliphatic rings. The summed E-state index contributed by atoms with van der Waals surface area (Å²) in [5, 5.41) is 9.77. The standard InChI is InChI=1S/C21H45NO5S/c1-4-5-6-7-8-9-10-11-12-14-17-27-18-15-13-16-22(2,3)19-21(23)20-28(24,25)26/h21,23H,4-20H2,1-3H3/p+1. The summed E-state index contributed by atoms with van der Waals surface area (Å²) >= 11 is 0. The van der Waals surface area contributed by atoms with E-state index in [2.05, 4.69) is 6.92 Å². The van der Waals surface area contributed by atoms with E-state index in [-0.39, 0.29) is 0 Å². The summed E-state index contributed by atoms with van der Waals surface area (Å²) < 4.78 is 36.6. The van der Waals surface area contributed by atoms with E-state index >= 15 is 0 Å². The molecule has 0 saturated heterocycles. The van der Waals surface area contributed by atoms with Crippen molar-refractivity contribution in [3.05, 3.63) is 0 Å². The van der Waals surface area contributed by atoms with Crippen LogP contribution >= 0.6 is 0 Å². The van der Waals surface area contributed by atoms with E-state index in [9.17, 15) is 13.5 Å². The van der Waals surface area contributed by atoms with E-state index in [1.165, 1.54) is 57.8 Å². The summed E-state index contributed by atoms with van der Waals surface area (Å²) in [6, 6.07) is 0. The Hall–Kier alpha value is -0.210. The van der Waals surface area contributed by atoms with Gasteiger partial charge in [0.15, 0.2) is 0 Å². The van der Waals surface area contributed by atoms with Crippen LogP contribution in [0.1, 0.15) is 84.0 Å². The zero-order chi connectivity index (χ0) is 21.3. The van der Waals surface area contributed by atoms with Crippen LogP contribution in [-0.2, 0) is 14.9 Å². The van der Waals surface area contributed by atoms with Crippen molar-refractivity contribution in [1.82, 2.24) is 0 Å². The Labute approximate surface area is 174 Å². The number of quaternary nitrogens is 1. The van der Waals surface area contributed by atoms with Crippen molar-refractivity contribution in [2.24, 2.45) is 0 Å². The van der Waals surface area contributed by atoms with Gasteiger partial charge >= 0.3 is 0 Å². The Kier molecular flexibility index (Phi) is 16.4. The molecule has 0 aromatic rings. The lowest BCUT2D eigenvalue weighted by molar-refractivity contribution is -0.893. The molecule has 0 fully saturated rings. The van der Waals surface area contributed by atoms with Crippen LogP contribution in [0.5, 0.6) is 0 Å². The number of likely N-dealkylation sites (N-methyl/N-ethyl adjacent to an activating group) is 1. The highest BCUT2D eigenvalue weighted by molar-refractivity contribution is 7.85. The van der Waals surface area contributed by atoms with E-state index in [4.69, 9.17) is 9.29 Å². The molecule has 0 rings (SSSR count). The van der Waals surface area contributed by atoms with Crippen LogP contribution in [0.25, 0.3) is 0 Å². The summed E-state index contributed by atoms with van der Waals surface area (Å²) in [5.74, 6) is -0.601. The summed E-state index contributed by atoms with van der Waals surface area (Å²) in [7, 11) is -0.214. The van der Waals surface area contributed by atoms with Gasteiger partial charge in [-0.3, -0.25) is 4.55 Å². The molecule has 0 radical (unpaired) electrons. The lowest BCUT2D eigenvalue weighted by Crippen LogP contribution is -2.47. The first-order chi connectivity index (χ1) is 13.2. The predicted molar refractivity (Wildman–Crippen MR) is 116 cm³/mol. The molecule has 170 valence electrons. The van der Waals surface area contributed by atoms with Crippen LogP contribution < -0.4 is 0 Å². The van der Waals surface area contributed by atoms with Gasteiger partial charge in [-0.15, -0.1) is 0 Å². The zero-order valence-electron chi connectivity index (χ0n) is 18.6. The highest BCUT2D eigenvalue weighted by Crippen LogP contribution is 2.10. The summed E-state index contributed by atoms with van der Waals surface area (Å²) in [6.07, 6.45) is 14.2. The Balaban J connectivity index is 3.44. The topological polar surface area (TPSA) is 83.8 Å². The van der Waals surface area contributed by atoms with Crippen LogP contribution in [-0.4, -0.2) is 74.8 Å². The zero-order valence-corrected chi connectivity index (χ0v) is 19.4. The van der Waals surface area contributed by atoms with Gasteiger partial charge in [0, 0.05) is 13.2 Å². The number of rotatable bonds is 20. The first kappa shape index (κ1) is 27.8. The van der Waals surface area contributed by atoms with Gasteiger partial charge in [0.05, 0.1) is 20.6 Å². The normalized spacial score (nSPS) is 13.8. The van der Waals surface area contributed by atoms with Crippen molar-refractivity contribution < 1.29 is 27.3 Å². The largest absolute Gasteiger partial charge is 0.386 e. The Morgan fingerprint density at radius 2 is 1.29 bits per heavy atom. The molecule has 1 atom stereocenters. The summed E-state index contributed by atoms with van der Waals surface area (Å²) in [5.41, 5.74) is 0. The molecule has 2 N–H and O–H groups in total. The van der Waals surface area contributed by atoms with Gasteiger partial charge in [0.2, 0.25) is 0 Å². The molecule has 28 heavy (non-hydrogen) atoms. The molecule has 1 unspecified atom stereocenters. The van der Waals surface area contributed by atoms with Gasteiger partial charge in [0.1, 0.15) is 18.4 Å². The number of hydrogen-bond acceptors (Lipinski definition) is 4. The van der Waals surface area contributed by atoms with Crippen molar-refractivity contribution in [2.75, 3.05) is 46.2 Å². The molecule has 0 heterocycles. The second kappa shape index (κ2) is 16.6. The van der Waals surface area contributed by atoms with Crippen molar-refractivity contribution in [3.63, 3.8) is 0 Å². The quantitative estimate of drug-likeness (QED) is 0.175. The van der Waals surface area contributed by atoms with E-state index in [0.717, 1.165) is 39.0 Å². The molecule has 0 amide bonds. The first-order valence-electron chi connectivity index (χ1n) is 11.2. The third-order valence-corrected chi connectivity index (χ3v) is 5.86. The SMILES string of the molecule is CCCCCCCCCCCCOCCCC[N+](C)(C)CC(O)CS(=O)(=O)O. The number of nitrogens with zero attached hydrogens (tertiary/aromatic N) is 1. The Bertz CT molecular complexity index is 454. The van der Waals surface area contributed by atoms with Gasteiger partial charge in [0.25, 0.3) is 10.1 Å². The smallest absolute Gasteiger partial charge is 0.267 e. The molecule has 7 heteroatoms. The fourth-order valence-electron chi connectivity index (χ4n) is 3.50. The molecule has 0 bridgehead atoms. The van der Waals surface area contributed by atoms with E-state index < -0.39 is 22.0 Å². The molecule has 0 aliphatic heterocycles. The lowest BCUT2D eigenvalue weighted by Gasteiger charge is -2.31. The Morgan fingerprint density at radius 3 is 1.79 bits per heavy atom. The third kappa shape index (κ3) is 20.5. The third-order valence-electron chi connectivity index (χ3n) is 5.05. The Morgan fingerprint density at radius 1 is 0.821 bits per heavy atom. The van der Waals surface area contributed by atoms with Gasteiger partial charge in [-0.2, -0.15) is 8.42 Å². The predicted octanol–water partition coefficient (Wildman–Crippen LogP) is 4.03. The highest BCUT2D eigenvalue weighted by atomic mass is 32.2. The number of unbranched alkanes of at least 4 members (excludes halogenated alkanes) is 10. The first-order valence-corrected chi connectivity index (χ1v) is 12.8. The van der Waals surface area contributed by atoms with Gasteiger partial charge < -0.3 is 14.3 Å². The fourth-order valence-corrected chi connectivity index (χ4v) is 4.09. The van der Waals surface area contributed by atoms with Crippen molar-refractivity contribution in [1.29, 1.82) is 0 Å². The maximum Gasteiger partial charge on any atom is 0.267 e. The summed E-state index contributed by atoms with van der Waals surface area (Å²) in [4.78, 5) is 0. The van der Waals surface area contributed by atoms with Crippen LogP contribution in [0.15, 0.2) is 0 Å². The highest BCUT2D eigenvalue weighted by Gasteiger charge is 2.23. The lowest BCUT2D eigenvalue weighted by atomic mass is 10.1. The van der Waals surface area contributed by atoms with E-state index in [1.54, 1.807) is 0 Å². The maximum atomic E-state index is 10.8. The van der Waals surface area contributed by atoms with E-state index in [0.29, 0.717) is 11.0 Å². The van der Waals surface area contributed by atoms with Gasteiger partial charge in [-0.25, -0.2) is 0 Å². The molecular weight excluding hydrogens is 378 g/mol. The molecule has 0 aromatic heterocycles. The average molecular weight is 425 g/mol. The maximum absolute atomic E-state index is 10.8. The van der Waals surface area contributed by atoms with Gasteiger partial charge in [-0.05, 0) is 19.3 Å². The second-order valence-corrected chi connectivity index (χ2v) is 10.2. The molecule has 0 aromatic carbocycles. The fraction of sp³-hybridized carbons (Fsp3) is 1.00. The minimum atomic E-state index is -4.13. The minimum Gasteiger partial charge on any atom is -0.386 e. The van der Waals surface area contributed by atoms with Crippen molar-refractivity contribution >= 4 is 10.1 Å². The molecular formula is C21H46NO5S+. The second-order valence-electron chi connectivity index (χ2n) is 8.75. The van der Waals surface area contributed by atoms with Crippen LogP contribution in [0.4, 0.5) is 0 Å². The van der Waals surface area contributed by atoms with Crippen LogP contribution in [0.3, 0.4) is 0 Å². The van der Waals surface area contributed by atoms with Crippen molar-refractivity contribution in [3.8, 4) is 0 Å². The van der Waals surface area contributed by atoms with Crippen LogP contribution in [0, 0.1) is 0 Å². The molecule has 0 saturated carbocycles. The number of hydrogen-bond donors (Lipinski definition) is 2. The van der Waals surface area contributed by atoms with E-state index in [1.807, 2.05) is 14.1 Å². The summed E-state index contributed by atoms with van der Waals surface area (Å²) in [6.45, 7) is 4.99. The molecule has 6 nitrogen and oxygen atoms in total. The van der Waals surface area contributed by atoms with Gasteiger partial charge in [-0.1, -0.05) is 64.7 Å².